The number of nitrogens with one attached hydrogen (secondary N) is 1. The Bertz CT molecular complexity index is 843. The first-order valence-corrected chi connectivity index (χ1v) is 11.1. The smallest absolute Gasteiger partial charge is 0.316 e. The normalized spacial score (nSPS) is 12.1. The average Bonchev–Trinajstić information content (AvgIpc) is 3.28. The van der Waals surface area contributed by atoms with Gasteiger partial charge in [0.05, 0.1) is 17.2 Å². The van der Waals surface area contributed by atoms with Crippen LogP contribution >= 0.6 is 0 Å². The maximum absolute atomic E-state index is 11.4. The molecule has 3 N–H and O–H groups in total. The van der Waals surface area contributed by atoms with Crippen LogP contribution in [0.4, 0.5) is 11.4 Å². The number of carbonyl (C=O) groups is 1. The lowest BCUT2D eigenvalue weighted by atomic mass is 10.1. The SMILES string of the molecule is O=C(CCCCCCCCCCCNc1ccc([N+](=O)[O-])c2onnc12)OCC(O)CO. The fourth-order valence-electron chi connectivity index (χ4n) is 3.31. The van der Waals surface area contributed by atoms with Crippen molar-refractivity contribution in [1.29, 1.82) is 0 Å². The van der Waals surface area contributed by atoms with Gasteiger partial charge in [-0.05, 0) is 18.9 Å². The van der Waals surface area contributed by atoms with Crippen molar-refractivity contribution in [1.82, 2.24) is 10.4 Å². The Labute approximate surface area is 186 Å². The van der Waals surface area contributed by atoms with Crippen LogP contribution in [0.3, 0.4) is 0 Å². The molecule has 11 heteroatoms. The number of rotatable bonds is 17. The number of anilines is 1. The molecule has 178 valence electrons. The number of ether oxygens (including phenoxy) is 1. The molecule has 1 atom stereocenters. The summed E-state index contributed by atoms with van der Waals surface area (Å²) in [5, 5.41) is 39.3. The second kappa shape index (κ2) is 14.3. The Kier molecular flexibility index (Phi) is 11.4. The minimum Gasteiger partial charge on any atom is -0.463 e. The van der Waals surface area contributed by atoms with Crippen LogP contribution in [-0.2, 0) is 9.53 Å². The Morgan fingerprint density at radius 3 is 2.44 bits per heavy atom. The van der Waals surface area contributed by atoms with Crippen LogP contribution in [0.2, 0.25) is 0 Å². The number of carbonyl (C=O) groups excluding carboxylic acids is 1. The summed E-state index contributed by atoms with van der Waals surface area (Å²) in [6, 6.07) is 3.02. The molecule has 0 amide bonds. The zero-order valence-electron chi connectivity index (χ0n) is 18.2. The molecule has 2 rings (SSSR count). The molecule has 0 aliphatic rings. The van der Waals surface area contributed by atoms with E-state index in [1.54, 1.807) is 6.07 Å². The molecule has 1 aromatic heterocycles. The fraction of sp³-hybridized carbons (Fsp3) is 0.667. The number of nitrogens with zero attached hydrogens (tertiary/aromatic N) is 3. The molecule has 1 unspecified atom stereocenters. The Morgan fingerprint density at radius 2 is 1.78 bits per heavy atom. The molecular weight excluding hydrogens is 420 g/mol. The third-order valence-corrected chi connectivity index (χ3v) is 5.10. The van der Waals surface area contributed by atoms with Crippen LogP contribution in [0, 0.1) is 10.1 Å². The van der Waals surface area contributed by atoms with Crippen LogP contribution in [-0.4, -0.2) is 57.3 Å². The lowest BCUT2D eigenvalue weighted by Crippen LogP contribution is -2.21. The van der Waals surface area contributed by atoms with E-state index in [4.69, 9.17) is 19.5 Å². The Balaban J connectivity index is 1.45. The van der Waals surface area contributed by atoms with Gasteiger partial charge in [0.2, 0.25) is 0 Å². The first kappa shape index (κ1) is 25.5. The minimum atomic E-state index is -1.00. The number of esters is 1. The molecule has 0 aliphatic heterocycles. The van der Waals surface area contributed by atoms with Gasteiger partial charge >= 0.3 is 11.7 Å². The highest BCUT2D eigenvalue weighted by atomic mass is 16.6. The van der Waals surface area contributed by atoms with Crippen LogP contribution in [0.1, 0.15) is 64.2 Å². The maximum Gasteiger partial charge on any atom is 0.316 e. The lowest BCUT2D eigenvalue weighted by Gasteiger charge is -2.08. The number of benzene rings is 1. The summed E-state index contributed by atoms with van der Waals surface area (Å²) in [6.45, 7) is 0.180. The van der Waals surface area contributed by atoms with Crippen molar-refractivity contribution >= 4 is 28.4 Å². The quantitative estimate of drug-likeness (QED) is 0.140. The van der Waals surface area contributed by atoms with Gasteiger partial charge in [-0.1, -0.05) is 44.9 Å². The number of aromatic nitrogens is 2. The predicted octanol–water partition coefficient (Wildman–Crippen LogP) is 3.34. The maximum atomic E-state index is 11.4. The highest BCUT2D eigenvalue weighted by Gasteiger charge is 2.19. The van der Waals surface area contributed by atoms with Crippen molar-refractivity contribution in [3.05, 3.63) is 22.2 Å². The minimum absolute atomic E-state index is 0.0809. The molecule has 32 heavy (non-hydrogen) atoms. The fourth-order valence-corrected chi connectivity index (χ4v) is 3.31. The molecule has 0 radical (unpaired) electrons. The van der Waals surface area contributed by atoms with Gasteiger partial charge in [0.15, 0.2) is 5.52 Å². The van der Waals surface area contributed by atoms with Crippen molar-refractivity contribution in [3.8, 4) is 0 Å². The zero-order chi connectivity index (χ0) is 23.2. The summed E-state index contributed by atoms with van der Waals surface area (Å²) in [7, 11) is 0. The van der Waals surface area contributed by atoms with Crippen molar-refractivity contribution in [2.24, 2.45) is 0 Å². The van der Waals surface area contributed by atoms with Crippen molar-refractivity contribution < 1.29 is 29.2 Å². The van der Waals surface area contributed by atoms with Crippen LogP contribution in [0.25, 0.3) is 11.1 Å². The van der Waals surface area contributed by atoms with Gasteiger partial charge in [0, 0.05) is 24.3 Å². The summed E-state index contributed by atoms with van der Waals surface area (Å²) < 4.78 is 9.76. The van der Waals surface area contributed by atoms with Crippen molar-refractivity contribution in [2.45, 2.75) is 70.3 Å². The number of fused-ring (bicyclic) bond motifs is 1. The monoisotopic (exact) mass is 452 g/mol. The molecule has 1 heterocycles. The van der Waals surface area contributed by atoms with E-state index in [2.05, 4.69) is 15.7 Å². The summed E-state index contributed by atoms with van der Waals surface area (Å²) in [6.07, 6.45) is 8.84. The number of nitro benzene ring substituents is 1. The van der Waals surface area contributed by atoms with Gasteiger partial charge in [0.1, 0.15) is 12.7 Å². The van der Waals surface area contributed by atoms with Gasteiger partial charge in [0.25, 0.3) is 5.58 Å². The highest BCUT2D eigenvalue weighted by Crippen LogP contribution is 2.29. The third-order valence-electron chi connectivity index (χ3n) is 5.10. The average molecular weight is 453 g/mol. The number of hydrogen-bond acceptors (Lipinski definition) is 10. The standard InChI is InChI=1S/C21H32N4O7/c26-14-16(27)15-31-19(28)10-8-6-4-2-1-3-5-7-9-13-22-17-11-12-18(25(29)30)21-20(17)23-24-32-21/h11-12,16,22,26-27H,1-10,13-15H2. The molecule has 11 nitrogen and oxygen atoms in total. The van der Waals surface area contributed by atoms with E-state index in [9.17, 15) is 14.9 Å². The van der Waals surface area contributed by atoms with E-state index >= 15 is 0 Å². The molecule has 2 aromatic rings. The van der Waals surface area contributed by atoms with E-state index in [0.29, 0.717) is 17.6 Å². The number of aliphatic hydroxyl groups is 2. The molecule has 0 spiro atoms. The summed E-state index contributed by atoms with van der Waals surface area (Å²) in [4.78, 5) is 21.9. The van der Waals surface area contributed by atoms with Gasteiger partial charge in [-0.15, -0.1) is 5.10 Å². The number of hydrogen-bond donors (Lipinski definition) is 3. The van der Waals surface area contributed by atoms with E-state index < -0.39 is 17.6 Å². The first-order chi connectivity index (χ1) is 15.5. The molecule has 0 aliphatic carbocycles. The summed E-state index contributed by atoms with van der Waals surface area (Å²) >= 11 is 0. The number of nitro groups is 1. The Hall–Kier alpha value is -2.79. The van der Waals surface area contributed by atoms with E-state index in [-0.39, 0.29) is 23.8 Å². The lowest BCUT2D eigenvalue weighted by molar-refractivity contribution is -0.383. The molecule has 0 saturated carbocycles. The number of aliphatic hydroxyl groups excluding tert-OH is 2. The van der Waals surface area contributed by atoms with Gasteiger partial charge in [-0.2, -0.15) is 0 Å². The number of unbranched alkanes of at least 4 members (excludes halogenated alkanes) is 8. The molecular formula is C21H32N4O7. The zero-order valence-corrected chi connectivity index (χ0v) is 18.2. The molecule has 1 aromatic carbocycles. The van der Waals surface area contributed by atoms with E-state index in [0.717, 1.165) is 64.3 Å². The van der Waals surface area contributed by atoms with Crippen molar-refractivity contribution in [3.63, 3.8) is 0 Å². The molecule has 0 fully saturated rings. The van der Waals surface area contributed by atoms with Crippen LogP contribution < -0.4 is 5.32 Å². The van der Waals surface area contributed by atoms with E-state index in [1.807, 2.05) is 0 Å². The van der Waals surface area contributed by atoms with Gasteiger partial charge in [-0.25, -0.2) is 0 Å². The highest BCUT2D eigenvalue weighted by molar-refractivity contribution is 5.92. The molecule has 0 bridgehead atoms. The van der Waals surface area contributed by atoms with Crippen molar-refractivity contribution in [2.75, 3.05) is 25.1 Å². The molecule has 0 saturated heterocycles. The third kappa shape index (κ3) is 8.75. The van der Waals surface area contributed by atoms with Crippen LogP contribution in [0.5, 0.6) is 0 Å². The van der Waals surface area contributed by atoms with Gasteiger partial charge < -0.3 is 24.8 Å². The second-order valence-electron chi connectivity index (χ2n) is 7.72. The first-order valence-electron chi connectivity index (χ1n) is 11.1. The summed E-state index contributed by atoms with van der Waals surface area (Å²) in [5.41, 5.74) is 0.987. The Morgan fingerprint density at radius 1 is 1.12 bits per heavy atom. The van der Waals surface area contributed by atoms with E-state index in [1.165, 1.54) is 6.07 Å². The topological polar surface area (TPSA) is 161 Å². The van der Waals surface area contributed by atoms with Crippen LogP contribution in [0.15, 0.2) is 16.7 Å². The second-order valence-corrected chi connectivity index (χ2v) is 7.72. The predicted molar refractivity (Wildman–Crippen MR) is 117 cm³/mol. The van der Waals surface area contributed by atoms with Gasteiger partial charge in [-0.3, -0.25) is 14.9 Å². The largest absolute Gasteiger partial charge is 0.463 e. The number of non-ortho nitro benzene ring substituents is 1. The summed E-state index contributed by atoms with van der Waals surface area (Å²) in [5.74, 6) is -0.333.